The Kier molecular flexibility index (Phi) is 7.11. The third-order valence-corrected chi connectivity index (χ3v) is 6.25. The van der Waals surface area contributed by atoms with Gasteiger partial charge < -0.3 is 14.5 Å². The molecule has 4 rings (SSSR count). The number of anilines is 1. The van der Waals surface area contributed by atoms with Gasteiger partial charge in [-0.15, -0.1) is 10.2 Å². The zero-order valence-electron chi connectivity index (χ0n) is 17.3. The molecule has 2 aromatic carbocycles. The predicted octanol–water partition coefficient (Wildman–Crippen LogP) is 3.51. The molecule has 3 aromatic rings. The second kappa shape index (κ2) is 10.2. The quantitative estimate of drug-likeness (QED) is 0.506. The van der Waals surface area contributed by atoms with Crippen LogP contribution in [0.15, 0.2) is 60.0 Å². The molecule has 1 saturated heterocycles. The lowest BCUT2D eigenvalue weighted by Crippen LogP contribution is -2.36. The van der Waals surface area contributed by atoms with Gasteiger partial charge in [-0.2, -0.15) is 0 Å². The van der Waals surface area contributed by atoms with Crippen LogP contribution in [0, 0.1) is 0 Å². The van der Waals surface area contributed by atoms with E-state index in [9.17, 15) is 4.79 Å². The van der Waals surface area contributed by atoms with Crippen molar-refractivity contribution in [1.82, 2.24) is 19.7 Å². The largest absolute Gasteiger partial charge is 0.378 e. The van der Waals surface area contributed by atoms with Crippen LogP contribution in [0.25, 0.3) is 5.69 Å². The fraction of sp³-hybridized carbons (Fsp3) is 0.318. The highest BCUT2D eigenvalue weighted by molar-refractivity contribution is 7.99. The van der Waals surface area contributed by atoms with Crippen LogP contribution < -0.4 is 4.90 Å². The number of carbonyl (C=O) groups is 1. The summed E-state index contributed by atoms with van der Waals surface area (Å²) in [7, 11) is 1.82. The Morgan fingerprint density at radius 1 is 1.16 bits per heavy atom. The average molecular weight is 458 g/mol. The number of amides is 1. The molecule has 31 heavy (non-hydrogen) atoms. The van der Waals surface area contributed by atoms with Gasteiger partial charge in [-0.05, 0) is 35.9 Å². The van der Waals surface area contributed by atoms with Gasteiger partial charge in [0.15, 0.2) is 5.16 Å². The first-order valence-corrected chi connectivity index (χ1v) is 11.4. The fourth-order valence-electron chi connectivity index (χ4n) is 3.36. The summed E-state index contributed by atoms with van der Waals surface area (Å²) in [6, 6.07) is 15.8. The van der Waals surface area contributed by atoms with Crippen molar-refractivity contribution in [2.45, 2.75) is 11.7 Å². The van der Waals surface area contributed by atoms with Gasteiger partial charge in [-0.25, -0.2) is 0 Å². The van der Waals surface area contributed by atoms with Crippen LogP contribution in [0.1, 0.15) is 5.56 Å². The number of hydrogen-bond donors (Lipinski definition) is 0. The van der Waals surface area contributed by atoms with Gasteiger partial charge in [0.2, 0.25) is 5.91 Å². The summed E-state index contributed by atoms with van der Waals surface area (Å²) >= 11 is 7.44. The van der Waals surface area contributed by atoms with E-state index >= 15 is 0 Å². The highest BCUT2D eigenvalue weighted by Gasteiger charge is 2.15. The number of benzene rings is 2. The molecule has 7 nitrogen and oxygen atoms in total. The predicted molar refractivity (Wildman–Crippen MR) is 123 cm³/mol. The van der Waals surface area contributed by atoms with E-state index in [0.29, 0.717) is 16.7 Å². The van der Waals surface area contributed by atoms with Crippen LogP contribution in [0.3, 0.4) is 0 Å². The molecule has 0 bridgehead atoms. The molecule has 1 fully saturated rings. The SMILES string of the molecule is CN(Cc1ccc(N2CCOCC2)cc1)C(=O)CSc1nncn1-c1cccc(Cl)c1. The van der Waals surface area contributed by atoms with E-state index in [1.54, 1.807) is 11.2 Å². The lowest BCUT2D eigenvalue weighted by Gasteiger charge is -2.29. The minimum atomic E-state index is 0.0305. The molecular formula is C22H24ClN5O2S. The van der Waals surface area contributed by atoms with Crippen molar-refractivity contribution in [2.24, 2.45) is 0 Å². The number of nitrogens with zero attached hydrogens (tertiary/aromatic N) is 5. The van der Waals surface area contributed by atoms with Crippen molar-refractivity contribution < 1.29 is 9.53 Å². The van der Waals surface area contributed by atoms with Crippen LogP contribution in [0.5, 0.6) is 0 Å². The van der Waals surface area contributed by atoms with Crippen LogP contribution in [-0.4, -0.2) is 64.7 Å². The zero-order valence-corrected chi connectivity index (χ0v) is 18.8. The highest BCUT2D eigenvalue weighted by Crippen LogP contribution is 2.22. The fourth-order valence-corrected chi connectivity index (χ4v) is 4.41. The maximum absolute atomic E-state index is 12.7. The van der Waals surface area contributed by atoms with Gasteiger partial charge in [0.25, 0.3) is 0 Å². The third-order valence-electron chi connectivity index (χ3n) is 5.09. The number of rotatable bonds is 7. The van der Waals surface area contributed by atoms with E-state index in [-0.39, 0.29) is 11.7 Å². The van der Waals surface area contributed by atoms with E-state index in [2.05, 4.69) is 39.4 Å². The number of thioether (sulfide) groups is 1. The van der Waals surface area contributed by atoms with Crippen LogP contribution >= 0.6 is 23.4 Å². The highest BCUT2D eigenvalue weighted by atomic mass is 35.5. The maximum Gasteiger partial charge on any atom is 0.233 e. The number of morpholine rings is 1. The minimum absolute atomic E-state index is 0.0305. The molecule has 2 heterocycles. The van der Waals surface area contributed by atoms with Gasteiger partial charge in [0.1, 0.15) is 6.33 Å². The Morgan fingerprint density at radius 2 is 1.94 bits per heavy atom. The first kappa shape index (κ1) is 21.7. The molecule has 1 amide bonds. The second-order valence-electron chi connectivity index (χ2n) is 7.27. The van der Waals surface area contributed by atoms with E-state index < -0.39 is 0 Å². The number of aromatic nitrogens is 3. The van der Waals surface area contributed by atoms with Crippen molar-refractivity contribution >= 4 is 35.0 Å². The molecule has 0 spiro atoms. The second-order valence-corrected chi connectivity index (χ2v) is 8.65. The monoisotopic (exact) mass is 457 g/mol. The summed E-state index contributed by atoms with van der Waals surface area (Å²) in [5.41, 5.74) is 3.15. The first-order chi connectivity index (χ1) is 15.1. The van der Waals surface area contributed by atoms with E-state index in [0.717, 1.165) is 37.6 Å². The maximum atomic E-state index is 12.7. The summed E-state index contributed by atoms with van der Waals surface area (Å²) in [4.78, 5) is 16.7. The van der Waals surface area contributed by atoms with E-state index in [1.807, 2.05) is 35.9 Å². The zero-order chi connectivity index (χ0) is 21.6. The molecule has 0 N–H and O–H groups in total. The molecule has 162 valence electrons. The van der Waals surface area contributed by atoms with Crippen LogP contribution in [0.4, 0.5) is 5.69 Å². The standard InChI is InChI=1S/C22H24ClN5O2S/c1-26(14-17-5-7-19(8-6-17)27-9-11-30-12-10-27)21(29)15-31-22-25-24-16-28(22)20-4-2-3-18(23)13-20/h2-8,13,16H,9-12,14-15H2,1H3. The number of halogens is 1. The molecule has 9 heteroatoms. The normalized spacial score (nSPS) is 13.9. The Bertz CT molecular complexity index is 1020. The molecular weight excluding hydrogens is 434 g/mol. The van der Waals surface area contributed by atoms with E-state index in [4.69, 9.17) is 16.3 Å². The molecule has 0 saturated carbocycles. The number of carbonyl (C=O) groups excluding carboxylic acids is 1. The lowest BCUT2D eigenvalue weighted by atomic mass is 10.2. The van der Waals surface area contributed by atoms with E-state index in [1.165, 1.54) is 17.4 Å². The van der Waals surface area contributed by atoms with Gasteiger partial charge >= 0.3 is 0 Å². The molecule has 0 aliphatic carbocycles. The summed E-state index contributed by atoms with van der Waals surface area (Å²) < 4.78 is 7.24. The van der Waals surface area contributed by atoms with Gasteiger partial charge in [-0.3, -0.25) is 9.36 Å². The van der Waals surface area contributed by atoms with Gasteiger partial charge in [0, 0.05) is 37.4 Å². The van der Waals surface area contributed by atoms with Gasteiger partial charge in [0.05, 0.1) is 24.7 Å². The smallest absolute Gasteiger partial charge is 0.233 e. The van der Waals surface area contributed by atoms with Crippen molar-refractivity contribution in [3.05, 3.63) is 65.4 Å². The average Bonchev–Trinajstić information content (AvgIpc) is 3.27. The van der Waals surface area contributed by atoms with Crippen molar-refractivity contribution in [2.75, 3.05) is 44.0 Å². The van der Waals surface area contributed by atoms with Crippen LogP contribution in [-0.2, 0) is 16.1 Å². The lowest BCUT2D eigenvalue weighted by molar-refractivity contribution is -0.127. The summed E-state index contributed by atoms with van der Waals surface area (Å²) in [6.45, 7) is 3.91. The Labute approximate surface area is 191 Å². The van der Waals surface area contributed by atoms with Crippen molar-refractivity contribution in [1.29, 1.82) is 0 Å². The summed E-state index contributed by atoms with van der Waals surface area (Å²) in [5, 5.41) is 9.41. The number of ether oxygens (including phenoxy) is 1. The Morgan fingerprint density at radius 3 is 2.68 bits per heavy atom. The summed E-state index contributed by atoms with van der Waals surface area (Å²) in [6.07, 6.45) is 1.62. The Balaban J connectivity index is 1.32. The van der Waals surface area contributed by atoms with Gasteiger partial charge in [-0.1, -0.05) is 41.6 Å². The molecule has 0 unspecified atom stereocenters. The first-order valence-electron chi connectivity index (χ1n) is 10.0. The molecule has 1 aliphatic rings. The molecule has 1 aliphatic heterocycles. The summed E-state index contributed by atoms with van der Waals surface area (Å²) in [5.74, 6) is 0.310. The molecule has 0 radical (unpaired) electrons. The topological polar surface area (TPSA) is 63.5 Å². The Hall–Kier alpha value is -2.55. The third kappa shape index (κ3) is 5.58. The van der Waals surface area contributed by atoms with Crippen molar-refractivity contribution in [3.63, 3.8) is 0 Å². The van der Waals surface area contributed by atoms with Crippen LogP contribution in [0.2, 0.25) is 5.02 Å². The molecule has 1 aromatic heterocycles. The minimum Gasteiger partial charge on any atom is -0.378 e. The van der Waals surface area contributed by atoms with Crippen molar-refractivity contribution in [3.8, 4) is 5.69 Å². The molecule has 0 atom stereocenters. The number of hydrogen-bond acceptors (Lipinski definition) is 6.